The molecule has 1 aromatic heterocycles. The van der Waals surface area contributed by atoms with E-state index in [0.717, 1.165) is 24.3 Å². The van der Waals surface area contributed by atoms with Crippen molar-refractivity contribution in [1.82, 2.24) is 19.6 Å². The smallest absolute Gasteiger partial charge is 0.336 e. The summed E-state index contributed by atoms with van der Waals surface area (Å²) in [5.41, 5.74) is 0.689. The van der Waals surface area contributed by atoms with Crippen molar-refractivity contribution in [2.45, 2.75) is 39.4 Å². The molecule has 0 radical (unpaired) electrons. The zero-order chi connectivity index (χ0) is 17.0. The van der Waals surface area contributed by atoms with Gasteiger partial charge in [0.15, 0.2) is 0 Å². The molecule has 1 fully saturated rings. The van der Waals surface area contributed by atoms with Crippen molar-refractivity contribution in [2.75, 3.05) is 32.7 Å². The van der Waals surface area contributed by atoms with Crippen molar-refractivity contribution >= 4 is 5.91 Å². The summed E-state index contributed by atoms with van der Waals surface area (Å²) in [5.74, 6) is -0.211. The molecule has 0 bridgehead atoms. The van der Waals surface area contributed by atoms with Gasteiger partial charge in [0.25, 0.3) is 5.91 Å². The van der Waals surface area contributed by atoms with Crippen LogP contribution in [0.25, 0.3) is 0 Å². The third-order valence-electron chi connectivity index (χ3n) is 4.10. The fourth-order valence-corrected chi connectivity index (χ4v) is 2.83. The number of hydrogen-bond donors (Lipinski definition) is 0. The third-order valence-corrected chi connectivity index (χ3v) is 4.10. The van der Waals surface area contributed by atoms with Crippen molar-refractivity contribution in [1.29, 1.82) is 0 Å². The maximum Gasteiger partial charge on any atom is 0.408 e. The van der Waals surface area contributed by atoms with Crippen LogP contribution in [0.1, 0.15) is 36.3 Å². The normalized spacial score (nSPS) is 16.8. The van der Waals surface area contributed by atoms with E-state index in [9.17, 15) is 18.0 Å². The summed E-state index contributed by atoms with van der Waals surface area (Å²) >= 11 is 0. The van der Waals surface area contributed by atoms with Gasteiger partial charge in [-0.15, -0.1) is 0 Å². The van der Waals surface area contributed by atoms with Crippen molar-refractivity contribution < 1.29 is 18.0 Å². The van der Waals surface area contributed by atoms with Crippen LogP contribution in [0, 0.1) is 0 Å². The van der Waals surface area contributed by atoms with Crippen LogP contribution >= 0.6 is 0 Å². The molecule has 2 rings (SSSR count). The lowest BCUT2D eigenvalue weighted by atomic mass is 10.1. The zero-order valence-electron chi connectivity index (χ0n) is 13.6. The van der Waals surface area contributed by atoms with Gasteiger partial charge >= 0.3 is 6.18 Å². The molecule has 0 atom stereocenters. The second kappa shape index (κ2) is 7.33. The first-order valence-corrected chi connectivity index (χ1v) is 7.98. The molecule has 1 amide bonds. The van der Waals surface area contributed by atoms with E-state index in [-0.39, 0.29) is 5.91 Å². The first-order valence-electron chi connectivity index (χ1n) is 7.98. The number of nitrogens with zero attached hydrogens (tertiary/aromatic N) is 4. The van der Waals surface area contributed by atoms with Crippen LogP contribution in [0.5, 0.6) is 0 Å². The summed E-state index contributed by atoms with van der Waals surface area (Å²) in [7, 11) is 0. The standard InChI is InChI=1S/C15H23F3N4O/c1-3-5-13-12(10-19-22(13)11-15(16,17)18)14(23)21-8-6-20(4-2)7-9-21/h10H,3-9,11H2,1-2H3. The van der Waals surface area contributed by atoms with E-state index >= 15 is 0 Å². The number of alkyl halides is 3. The van der Waals surface area contributed by atoms with Crippen LogP contribution in [0.4, 0.5) is 13.2 Å². The number of aromatic nitrogens is 2. The van der Waals surface area contributed by atoms with E-state index < -0.39 is 12.7 Å². The Labute approximate surface area is 134 Å². The Balaban J connectivity index is 2.16. The SMILES string of the molecule is CCCc1c(C(=O)N2CCN(CC)CC2)cnn1CC(F)(F)F. The minimum Gasteiger partial charge on any atom is -0.336 e. The summed E-state index contributed by atoms with van der Waals surface area (Å²) in [6, 6.07) is 0. The second-order valence-electron chi connectivity index (χ2n) is 5.75. The summed E-state index contributed by atoms with van der Waals surface area (Å²) in [5, 5.41) is 3.81. The molecule has 1 saturated heterocycles. The second-order valence-corrected chi connectivity index (χ2v) is 5.75. The highest BCUT2D eigenvalue weighted by Crippen LogP contribution is 2.21. The van der Waals surface area contributed by atoms with Gasteiger partial charge in [0, 0.05) is 26.2 Å². The van der Waals surface area contributed by atoms with Gasteiger partial charge in [-0.05, 0) is 13.0 Å². The number of rotatable bonds is 5. The lowest BCUT2D eigenvalue weighted by Gasteiger charge is -2.34. The Morgan fingerprint density at radius 2 is 1.87 bits per heavy atom. The quantitative estimate of drug-likeness (QED) is 0.830. The van der Waals surface area contributed by atoms with E-state index in [2.05, 4.69) is 16.9 Å². The Hall–Kier alpha value is -1.57. The summed E-state index contributed by atoms with van der Waals surface area (Å²) < 4.78 is 38.9. The number of hydrogen-bond acceptors (Lipinski definition) is 3. The molecule has 0 spiro atoms. The van der Waals surface area contributed by atoms with E-state index in [1.54, 1.807) is 4.90 Å². The van der Waals surface area contributed by atoms with Gasteiger partial charge in [0.1, 0.15) is 6.54 Å². The average Bonchev–Trinajstić information content (AvgIpc) is 2.88. The molecule has 0 saturated carbocycles. The monoisotopic (exact) mass is 332 g/mol. The number of likely N-dealkylation sites (N-methyl/N-ethyl adjacent to an activating group) is 1. The molecule has 8 heteroatoms. The minimum absolute atomic E-state index is 0.211. The summed E-state index contributed by atoms with van der Waals surface area (Å²) in [6.07, 6.45) is -1.99. The van der Waals surface area contributed by atoms with Gasteiger partial charge in [-0.3, -0.25) is 9.48 Å². The first kappa shape index (κ1) is 17.8. The Bertz CT molecular complexity index is 533. The minimum atomic E-state index is -4.35. The molecule has 23 heavy (non-hydrogen) atoms. The summed E-state index contributed by atoms with van der Waals surface area (Å²) in [6.45, 7) is 6.51. The van der Waals surface area contributed by atoms with Crippen LogP contribution in [0.2, 0.25) is 0 Å². The molecule has 0 N–H and O–H groups in total. The van der Waals surface area contributed by atoms with Crippen molar-refractivity contribution in [3.05, 3.63) is 17.5 Å². The van der Waals surface area contributed by atoms with Gasteiger partial charge in [-0.1, -0.05) is 20.3 Å². The first-order chi connectivity index (χ1) is 10.9. The highest BCUT2D eigenvalue weighted by atomic mass is 19.4. The fourth-order valence-electron chi connectivity index (χ4n) is 2.83. The molecule has 1 aromatic rings. The van der Waals surface area contributed by atoms with Gasteiger partial charge in [-0.2, -0.15) is 18.3 Å². The van der Waals surface area contributed by atoms with E-state index in [4.69, 9.17) is 0 Å². The van der Waals surface area contributed by atoms with Gasteiger partial charge in [0.05, 0.1) is 17.5 Å². The molecule has 1 aliphatic heterocycles. The molecule has 130 valence electrons. The lowest BCUT2D eigenvalue weighted by molar-refractivity contribution is -0.143. The lowest BCUT2D eigenvalue weighted by Crippen LogP contribution is -2.48. The molecular weight excluding hydrogens is 309 g/mol. The highest BCUT2D eigenvalue weighted by molar-refractivity contribution is 5.95. The number of carbonyl (C=O) groups excluding carboxylic acids is 1. The Kier molecular flexibility index (Phi) is 5.67. The third kappa shape index (κ3) is 4.46. The zero-order valence-corrected chi connectivity index (χ0v) is 13.6. The molecule has 0 aromatic carbocycles. The van der Waals surface area contributed by atoms with E-state index in [1.807, 2.05) is 6.92 Å². The molecule has 5 nitrogen and oxygen atoms in total. The van der Waals surface area contributed by atoms with Crippen molar-refractivity contribution in [3.8, 4) is 0 Å². The van der Waals surface area contributed by atoms with Gasteiger partial charge in [-0.25, -0.2) is 0 Å². The largest absolute Gasteiger partial charge is 0.408 e. The molecule has 2 heterocycles. The van der Waals surface area contributed by atoms with Crippen LogP contribution < -0.4 is 0 Å². The maximum atomic E-state index is 12.6. The topological polar surface area (TPSA) is 41.4 Å². The van der Waals surface area contributed by atoms with Crippen LogP contribution in [-0.4, -0.2) is 64.4 Å². The van der Waals surface area contributed by atoms with Crippen LogP contribution in [0.3, 0.4) is 0 Å². The van der Waals surface area contributed by atoms with E-state index in [0.29, 0.717) is 37.2 Å². The summed E-state index contributed by atoms with van der Waals surface area (Å²) in [4.78, 5) is 16.6. The number of carbonyl (C=O) groups is 1. The predicted molar refractivity (Wildman–Crippen MR) is 80.3 cm³/mol. The number of piperazine rings is 1. The van der Waals surface area contributed by atoms with Gasteiger partial charge in [0.2, 0.25) is 0 Å². The van der Waals surface area contributed by atoms with Crippen LogP contribution in [0.15, 0.2) is 6.20 Å². The molecule has 0 aliphatic carbocycles. The van der Waals surface area contributed by atoms with Crippen LogP contribution in [-0.2, 0) is 13.0 Å². The molecular formula is C15H23F3N4O. The molecule has 0 unspecified atom stereocenters. The van der Waals surface area contributed by atoms with E-state index in [1.165, 1.54) is 6.20 Å². The van der Waals surface area contributed by atoms with Crippen molar-refractivity contribution in [2.24, 2.45) is 0 Å². The molecule has 1 aliphatic rings. The Morgan fingerprint density at radius 3 is 2.39 bits per heavy atom. The Morgan fingerprint density at radius 1 is 1.22 bits per heavy atom. The average molecular weight is 332 g/mol. The fraction of sp³-hybridized carbons (Fsp3) is 0.733. The highest BCUT2D eigenvalue weighted by Gasteiger charge is 2.32. The maximum absolute atomic E-state index is 12.6. The number of halogens is 3. The van der Waals surface area contributed by atoms with Crippen molar-refractivity contribution in [3.63, 3.8) is 0 Å². The predicted octanol–water partition coefficient (Wildman–Crippen LogP) is 2.18. The van der Waals surface area contributed by atoms with Gasteiger partial charge < -0.3 is 9.80 Å². The number of amides is 1.